The standard InChI is InChI=1S/C20H27N/c1-4-5-9-15-20(2,3)17-11-10-14-19(16-17)21-18-12-7-6-8-13-18/h6-8,10-14,16,21H,4-5,9,15H2,1-3H3. The van der Waals surface area contributed by atoms with E-state index in [1.807, 2.05) is 6.07 Å². The Hall–Kier alpha value is -1.76. The number of unbranched alkanes of at least 4 members (excludes halogenated alkanes) is 2. The summed E-state index contributed by atoms with van der Waals surface area (Å²) in [7, 11) is 0. The third-order valence-electron chi connectivity index (χ3n) is 4.11. The molecule has 0 atom stereocenters. The lowest BCUT2D eigenvalue weighted by Crippen LogP contribution is -2.17. The normalized spacial score (nSPS) is 11.4. The van der Waals surface area contributed by atoms with Gasteiger partial charge in [-0.15, -0.1) is 0 Å². The van der Waals surface area contributed by atoms with Gasteiger partial charge in [0.2, 0.25) is 0 Å². The molecule has 21 heavy (non-hydrogen) atoms. The lowest BCUT2D eigenvalue weighted by molar-refractivity contribution is 0.450. The lowest BCUT2D eigenvalue weighted by atomic mass is 9.80. The van der Waals surface area contributed by atoms with Gasteiger partial charge in [0.05, 0.1) is 0 Å². The van der Waals surface area contributed by atoms with Crippen LogP contribution < -0.4 is 5.32 Å². The third kappa shape index (κ3) is 4.63. The van der Waals surface area contributed by atoms with E-state index in [9.17, 15) is 0 Å². The third-order valence-corrected chi connectivity index (χ3v) is 4.11. The highest BCUT2D eigenvalue weighted by Crippen LogP contribution is 2.31. The zero-order valence-corrected chi connectivity index (χ0v) is 13.5. The first-order valence-electron chi connectivity index (χ1n) is 8.04. The fourth-order valence-electron chi connectivity index (χ4n) is 2.67. The molecule has 0 amide bonds. The average molecular weight is 281 g/mol. The second-order valence-corrected chi connectivity index (χ2v) is 6.41. The Balaban J connectivity index is 2.09. The minimum Gasteiger partial charge on any atom is -0.356 e. The largest absolute Gasteiger partial charge is 0.356 e. The van der Waals surface area contributed by atoms with Crippen LogP contribution in [0, 0.1) is 0 Å². The summed E-state index contributed by atoms with van der Waals surface area (Å²) in [4.78, 5) is 0. The van der Waals surface area contributed by atoms with Gasteiger partial charge in [0.25, 0.3) is 0 Å². The van der Waals surface area contributed by atoms with E-state index in [-0.39, 0.29) is 5.41 Å². The Morgan fingerprint density at radius 2 is 1.57 bits per heavy atom. The maximum Gasteiger partial charge on any atom is 0.0387 e. The van der Waals surface area contributed by atoms with Crippen LogP contribution in [0.15, 0.2) is 54.6 Å². The first-order valence-corrected chi connectivity index (χ1v) is 8.04. The molecule has 112 valence electrons. The predicted octanol–water partition coefficient (Wildman–Crippen LogP) is 6.29. The van der Waals surface area contributed by atoms with Crippen LogP contribution in [0.3, 0.4) is 0 Å². The van der Waals surface area contributed by atoms with Crippen molar-refractivity contribution in [2.75, 3.05) is 5.32 Å². The molecular weight excluding hydrogens is 254 g/mol. The zero-order valence-electron chi connectivity index (χ0n) is 13.5. The summed E-state index contributed by atoms with van der Waals surface area (Å²) in [6, 6.07) is 19.2. The van der Waals surface area contributed by atoms with Crippen molar-refractivity contribution in [2.24, 2.45) is 0 Å². The number of para-hydroxylation sites is 1. The molecule has 0 spiro atoms. The molecule has 1 heteroatoms. The van der Waals surface area contributed by atoms with Crippen LogP contribution in [0.4, 0.5) is 11.4 Å². The Bertz CT molecular complexity index is 543. The minimum atomic E-state index is 0.240. The van der Waals surface area contributed by atoms with Gasteiger partial charge in [-0.25, -0.2) is 0 Å². The van der Waals surface area contributed by atoms with Crippen molar-refractivity contribution in [3.05, 3.63) is 60.2 Å². The van der Waals surface area contributed by atoms with E-state index in [2.05, 4.69) is 74.6 Å². The van der Waals surface area contributed by atoms with Crippen molar-refractivity contribution < 1.29 is 0 Å². The number of hydrogen-bond donors (Lipinski definition) is 1. The fraction of sp³-hybridized carbons (Fsp3) is 0.400. The summed E-state index contributed by atoms with van der Waals surface area (Å²) in [5, 5.41) is 3.48. The van der Waals surface area contributed by atoms with E-state index in [1.165, 1.54) is 36.9 Å². The monoisotopic (exact) mass is 281 g/mol. The Kier molecular flexibility index (Phi) is 5.44. The molecule has 1 nitrogen and oxygen atoms in total. The minimum absolute atomic E-state index is 0.240. The van der Waals surface area contributed by atoms with Crippen LogP contribution in [0.2, 0.25) is 0 Å². The molecule has 2 aromatic carbocycles. The molecule has 0 aliphatic heterocycles. The second-order valence-electron chi connectivity index (χ2n) is 6.41. The molecule has 0 bridgehead atoms. The van der Waals surface area contributed by atoms with Crippen molar-refractivity contribution in [1.29, 1.82) is 0 Å². The van der Waals surface area contributed by atoms with Crippen molar-refractivity contribution in [2.45, 2.75) is 51.9 Å². The summed E-state index contributed by atoms with van der Waals surface area (Å²) in [5.41, 5.74) is 3.96. The van der Waals surface area contributed by atoms with E-state index < -0.39 is 0 Å². The molecule has 2 aromatic rings. The SMILES string of the molecule is CCCCCC(C)(C)c1cccc(Nc2ccccc2)c1. The van der Waals surface area contributed by atoms with Gasteiger partial charge in [0.1, 0.15) is 0 Å². The molecule has 0 saturated carbocycles. The molecule has 0 aromatic heterocycles. The van der Waals surface area contributed by atoms with Gasteiger partial charge in [0, 0.05) is 11.4 Å². The molecule has 0 aliphatic carbocycles. The van der Waals surface area contributed by atoms with Gasteiger partial charge < -0.3 is 5.32 Å². The fourth-order valence-corrected chi connectivity index (χ4v) is 2.67. The summed E-state index contributed by atoms with van der Waals surface area (Å²) < 4.78 is 0. The molecule has 0 saturated heterocycles. The summed E-state index contributed by atoms with van der Waals surface area (Å²) >= 11 is 0. The van der Waals surface area contributed by atoms with Crippen LogP contribution in [0.1, 0.15) is 52.0 Å². The first kappa shape index (κ1) is 15.6. The molecular formula is C20H27N. The summed E-state index contributed by atoms with van der Waals surface area (Å²) in [6.07, 6.45) is 5.16. The van der Waals surface area contributed by atoms with E-state index >= 15 is 0 Å². The first-order chi connectivity index (χ1) is 10.1. The molecule has 0 aliphatic rings. The molecule has 0 fully saturated rings. The van der Waals surface area contributed by atoms with E-state index in [0.29, 0.717) is 0 Å². The number of rotatable bonds is 7. The lowest BCUT2D eigenvalue weighted by Gasteiger charge is -2.26. The molecule has 0 radical (unpaired) electrons. The molecule has 1 N–H and O–H groups in total. The van der Waals surface area contributed by atoms with Crippen LogP contribution in [-0.2, 0) is 5.41 Å². The van der Waals surface area contributed by atoms with Crippen LogP contribution in [0.5, 0.6) is 0 Å². The van der Waals surface area contributed by atoms with E-state index in [1.54, 1.807) is 0 Å². The quantitative estimate of drug-likeness (QED) is 0.588. The van der Waals surface area contributed by atoms with Crippen LogP contribution >= 0.6 is 0 Å². The topological polar surface area (TPSA) is 12.0 Å². The van der Waals surface area contributed by atoms with Gasteiger partial charge in [-0.3, -0.25) is 0 Å². The van der Waals surface area contributed by atoms with Crippen molar-refractivity contribution in [3.63, 3.8) is 0 Å². The number of nitrogens with one attached hydrogen (secondary N) is 1. The zero-order chi connectivity index (χ0) is 15.1. The highest BCUT2D eigenvalue weighted by Gasteiger charge is 2.20. The Morgan fingerprint density at radius 1 is 0.857 bits per heavy atom. The van der Waals surface area contributed by atoms with Gasteiger partial charge in [0.15, 0.2) is 0 Å². The highest BCUT2D eigenvalue weighted by molar-refractivity contribution is 5.60. The Morgan fingerprint density at radius 3 is 2.29 bits per heavy atom. The van der Waals surface area contributed by atoms with Gasteiger partial charge in [-0.1, -0.05) is 70.4 Å². The van der Waals surface area contributed by atoms with Gasteiger partial charge >= 0.3 is 0 Å². The number of hydrogen-bond acceptors (Lipinski definition) is 1. The number of benzene rings is 2. The van der Waals surface area contributed by atoms with Gasteiger partial charge in [-0.05, 0) is 41.7 Å². The second kappa shape index (κ2) is 7.31. The van der Waals surface area contributed by atoms with Crippen LogP contribution in [-0.4, -0.2) is 0 Å². The highest BCUT2D eigenvalue weighted by atomic mass is 14.9. The number of anilines is 2. The predicted molar refractivity (Wildman–Crippen MR) is 93.3 cm³/mol. The molecule has 2 rings (SSSR count). The van der Waals surface area contributed by atoms with E-state index in [4.69, 9.17) is 0 Å². The maximum atomic E-state index is 3.48. The maximum absolute atomic E-state index is 3.48. The van der Waals surface area contributed by atoms with Crippen molar-refractivity contribution >= 4 is 11.4 Å². The molecule has 0 unspecified atom stereocenters. The van der Waals surface area contributed by atoms with Crippen molar-refractivity contribution in [1.82, 2.24) is 0 Å². The van der Waals surface area contributed by atoms with Crippen LogP contribution in [0.25, 0.3) is 0 Å². The Labute approximate surface area is 129 Å². The summed E-state index contributed by atoms with van der Waals surface area (Å²) in [5.74, 6) is 0. The van der Waals surface area contributed by atoms with E-state index in [0.717, 1.165) is 5.69 Å². The average Bonchev–Trinajstić information content (AvgIpc) is 2.49. The summed E-state index contributed by atoms with van der Waals surface area (Å²) in [6.45, 7) is 6.96. The van der Waals surface area contributed by atoms with Crippen molar-refractivity contribution in [3.8, 4) is 0 Å². The van der Waals surface area contributed by atoms with Gasteiger partial charge in [-0.2, -0.15) is 0 Å². The molecule has 0 heterocycles. The smallest absolute Gasteiger partial charge is 0.0387 e.